The number of carbonyl (C=O) groups excluding carboxylic acids is 1. The first-order valence-corrected chi connectivity index (χ1v) is 9.94. The molecule has 156 valence electrons. The van der Waals surface area contributed by atoms with Gasteiger partial charge in [-0.2, -0.15) is 0 Å². The summed E-state index contributed by atoms with van der Waals surface area (Å²) in [4.78, 5) is 29.6. The van der Waals surface area contributed by atoms with E-state index >= 15 is 0 Å². The van der Waals surface area contributed by atoms with Crippen LogP contribution in [0.25, 0.3) is 0 Å². The van der Waals surface area contributed by atoms with Gasteiger partial charge in [0.25, 0.3) is 0 Å². The molecule has 3 heterocycles. The molecule has 3 aromatic rings. The standard InChI is InChI=1S/C23H27N5O2/c1-30-23(29)19-28(18-22-10-4-7-13-26-22)15-14-27(16-20-8-2-5-11-24-20)17-21-9-3-6-12-25-21/h2-13H,14-19H2,1H3. The van der Waals surface area contributed by atoms with Gasteiger partial charge in [-0.1, -0.05) is 18.2 Å². The van der Waals surface area contributed by atoms with Crippen molar-refractivity contribution in [3.63, 3.8) is 0 Å². The fourth-order valence-electron chi connectivity index (χ4n) is 3.12. The van der Waals surface area contributed by atoms with Crippen molar-refractivity contribution in [3.8, 4) is 0 Å². The molecule has 0 aliphatic rings. The maximum Gasteiger partial charge on any atom is 0.319 e. The van der Waals surface area contributed by atoms with E-state index < -0.39 is 0 Å². The van der Waals surface area contributed by atoms with Crippen LogP contribution in [0.5, 0.6) is 0 Å². The summed E-state index contributed by atoms with van der Waals surface area (Å²) >= 11 is 0. The van der Waals surface area contributed by atoms with Gasteiger partial charge in [0.05, 0.1) is 30.7 Å². The molecule has 0 spiro atoms. The summed E-state index contributed by atoms with van der Waals surface area (Å²) in [5, 5.41) is 0. The quantitative estimate of drug-likeness (QED) is 0.454. The van der Waals surface area contributed by atoms with Gasteiger partial charge < -0.3 is 4.74 Å². The lowest BCUT2D eigenvalue weighted by molar-refractivity contribution is -0.142. The molecule has 7 heteroatoms. The Kier molecular flexibility index (Phi) is 8.44. The fourth-order valence-corrected chi connectivity index (χ4v) is 3.12. The van der Waals surface area contributed by atoms with Gasteiger partial charge in [-0.15, -0.1) is 0 Å². The summed E-state index contributed by atoms with van der Waals surface area (Å²) in [5.74, 6) is -0.257. The topological polar surface area (TPSA) is 71.5 Å². The molecule has 0 aromatic carbocycles. The van der Waals surface area contributed by atoms with Crippen molar-refractivity contribution < 1.29 is 9.53 Å². The third-order valence-electron chi connectivity index (χ3n) is 4.65. The minimum Gasteiger partial charge on any atom is -0.468 e. The smallest absolute Gasteiger partial charge is 0.319 e. The lowest BCUT2D eigenvalue weighted by Gasteiger charge is -2.26. The highest BCUT2D eigenvalue weighted by molar-refractivity contribution is 5.71. The SMILES string of the molecule is COC(=O)CN(CCN(Cc1ccccn1)Cc1ccccn1)Cc1ccccn1. The van der Waals surface area contributed by atoms with E-state index in [0.717, 1.165) is 23.6 Å². The molecular formula is C23H27N5O2. The van der Waals surface area contributed by atoms with Crippen LogP contribution in [0, 0.1) is 0 Å². The molecule has 0 atom stereocenters. The number of hydrogen-bond donors (Lipinski definition) is 0. The molecule has 0 unspecified atom stereocenters. The van der Waals surface area contributed by atoms with Gasteiger partial charge in [-0.05, 0) is 36.4 Å². The summed E-state index contributed by atoms with van der Waals surface area (Å²) in [7, 11) is 1.41. The molecule has 3 rings (SSSR count). The molecule has 30 heavy (non-hydrogen) atoms. The Bertz CT molecular complexity index is 836. The van der Waals surface area contributed by atoms with E-state index in [0.29, 0.717) is 26.2 Å². The average molecular weight is 406 g/mol. The van der Waals surface area contributed by atoms with Crippen molar-refractivity contribution in [1.82, 2.24) is 24.8 Å². The van der Waals surface area contributed by atoms with Gasteiger partial charge in [0.15, 0.2) is 0 Å². The van der Waals surface area contributed by atoms with E-state index in [1.807, 2.05) is 54.6 Å². The first-order valence-electron chi connectivity index (χ1n) is 9.94. The summed E-state index contributed by atoms with van der Waals surface area (Å²) < 4.78 is 4.88. The van der Waals surface area contributed by atoms with Crippen molar-refractivity contribution in [2.75, 3.05) is 26.7 Å². The zero-order valence-corrected chi connectivity index (χ0v) is 17.2. The molecule has 0 radical (unpaired) electrons. The van der Waals surface area contributed by atoms with E-state index in [1.165, 1.54) is 7.11 Å². The van der Waals surface area contributed by atoms with Crippen LogP contribution in [-0.2, 0) is 29.2 Å². The van der Waals surface area contributed by atoms with Crippen LogP contribution >= 0.6 is 0 Å². The van der Waals surface area contributed by atoms with Crippen molar-refractivity contribution in [2.24, 2.45) is 0 Å². The second-order valence-electron chi connectivity index (χ2n) is 6.96. The lowest BCUT2D eigenvalue weighted by atomic mass is 10.2. The van der Waals surface area contributed by atoms with Crippen LogP contribution in [-0.4, -0.2) is 57.5 Å². The molecule has 0 fully saturated rings. The van der Waals surface area contributed by atoms with Gasteiger partial charge in [0.1, 0.15) is 0 Å². The van der Waals surface area contributed by atoms with Crippen LogP contribution in [0.4, 0.5) is 0 Å². The second-order valence-corrected chi connectivity index (χ2v) is 6.96. The highest BCUT2D eigenvalue weighted by Crippen LogP contribution is 2.08. The number of methoxy groups -OCH3 is 1. The third kappa shape index (κ3) is 7.35. The highest BCUT2D eigenvalue weighted by Gasteiger charge is 2.15. The maximum absolute atomic E-state index is 11.9. The summed E-state index contributed by atoms with van der Waals surface area (Å²) in [5.41, 5.74) is 2.91. The molecular weight excluding hydrogens is 378 g/mol. The molecule has 3 aromatic heterocycles. The van der Waals surface area contributed by atoms with Gasteiger partial charge >= 0.3 is 5.97 Å². The number of rotatable bonds is 11. The first kappa shape index (κ1) is 21.5. The van der Waals surface area contributed by atoms with E-state index in [1.54, 1.807) is 18.6 Å². The number of nitrogens with zero attached hydrogens (tertiary/aromatic N) is 5. The Balaban J connectivity index is 1.68. The summed E-state index contributed by atoms with van der Waals surface area (Å²) in [6.07, 6.45) is 5.37. The Morgan fingerprint density at radius 2 is 1.17 bits per heavy atom. The lowest BCUT2D eigenvalue weighted by Crippen LogP contribution is -2.38. The van der Waals surface area contributed by atoms with E-state index in [9.17, 15) is 4.79 Å². The predicted octanol–water partition coefficient (Wildman–Crippen LogP) is 2.55. The number of ether oxygens (including phenoxy) is 1. The zero-order valence-electron chi connectivity index (χ0n) is 17.2. The van der Waals surface area contributed by atoms with Gasteiger partial charge in [0, 0.05) is 51.3 Å². The largest absolute Gasteiger partial charge is 0.468 e. The fraction of sp³-hybridized carbons (Fsp3) is 0.304. The van der Waals surface area contributed by atoms with E-state index in [-0.39, 0.29) is 12.5 Å². The van der Waals surface area contributed by atoms with E-state index in [4.69, 9.17) is 4.74 Å². The van der Waals surface area contributed by atoms with Crippen molar-refractivity contribution in [1.29, 1.82) is 0 Å². The van der Waals surface area contributed by atoms with Gasteiger partial charge in [0.2, 0.25) is 0 Å². The Hall–Kier alpha value is -3.16. The Morgan fingerprint density at radius 3 is 1.57 bits per heavy atom. The number of esters is 1. The molecule has 0 saturated heterocycles. The molecule has 0 N–H and O–H groups in total. The number of pyridine rings is 3. The van der Waals surface area contributed by atoms with Crippen molar-refractivity contribution >= 4 is 5.97 Å². The molecule has 0 aliphatic heterocycles. The number of hydrogen-bond acceptors (Lipinski definition) is 7. The summed E-state index contributed by atoms with van der Waals surface area (Å²) in [6.45, 7) is 3.63. The normalized spacial score (nSPS) is 11.0. The second kappa shape index (κ2) is 11.7. The molecule has 0 aliphatic carbocycles. The third-order valence-corrected chi connectivity index (χ3v) is 4.65. The highest BCUT2D eigenvalue weighted by atomic mass is 16.5. The van der Waals surface area contributed by atoms with Crippen LogP contribution in [0.1, 0.15) is 17.1 Å². The Labute approximate surface area is 177 Å². The zero-order chi connectivity index (χ0) is 21.0. The molecule has 0 bridgehead atoms. The maximum atomic E-state index is 11.9. The molecule has 0 saturated carbocycles. The Morgan fingerprint density at radius 1 is 0.733 bits per heavy atom. The first-order chi connectivity index (χ1) is 14.7. The van der Waals surface area contributed by atoms with Crippen molar-refractivity contribution in [2.45, 2.75) is 19.6 Å². The monoisotopic (exact) mass is 405 g/mol. The van der Waals surface area contributed by atoms with Gasteiger partial charge in [-0.3, -0.25) is 29.5 Å². The van der Waals surface area contributed by atoms with Crippen molar-refractivity contribution in [3.05, 3.63) is 90.3 Å². The van der Waals surface area contributed by atoms with Gasteiger partial charge in [-0.25, -0.2) is 0 Å². The molecule has 0 amide bonds. The van der Waals surface area contributed by atoms with E-state index in [2.05, 4.69) is 24.8 Å². The predicted molar refractivity (Wildman–Crippen MR) is 114 cm³/mol. The number of aromatic nitrogens is 3. The summed E-state index contributed by atoms with van der Waals surface area (Å²) in [6, 6.07) is 17.6. The number of carbonyl (C=O) groups is 1. The minimum absolute atomic E-state index is 0.216. The van der Waals surface area contributed by atoms with Crippen LogP contribution < -0.4 is 0 Å². The average Bonchev–Trinajstić information content (AvgIpc) is 2.79. The molecule has 7 nitrogen and oxygen atoms in total. The minimum atomic E-state index is -0.257. The van der Waals surface area contributed by atoms with Crippen LogP contribution in [0.2, 0.25) is 0 Å². The van der Waals surface area contributed by atoms with Crippen LogP contribution in [0.3, 0.4) is 0 Å². The van der Waals surface area contributed by atoms with Crippen LogP contribution in [0.15, 0.2) is 73.2 Å².